The molecule has 1 aliphatic rings. The summed E-state index contributed by atoms with van der Waals surface area (Å²) >= 11 is 11.7. The second-order valence-electron chi connectivity index (χ2n) is 3.79. The van der Waals surface area contributed by atoms with Crippen molar-refractivity contribution in [2.75, 3.05) is 13.1 Å². The molecule has 0 aromatic rings. The summed E-state index contributed by atoms with van der Waals surface area (Å²) in [6.45, 7) is 3.92. The van der Waals surface area contributed by atoms with E-state index in [-0.39, 0.29) is 0 Å². The van der Waals surface area contributed by atoms with E-state index in [2.05, 4.69) is 5.32 Å². The van der Waals surface area contributed by atoms with Crippen LogP contribution in [-0.2, 0) is 0 Å². The molecule has 1 N–H and O–H groups in total. The van der Waals surface area contributed by atoms with Gasteiger partial charge in [0.2, 0.25) is 0 Å². The molecule has 1 nitrogen and oxygen atoms in total. The molecule has 0 radical (unpaired) electrons. The van der Waals surface area contributed by atoms with Gasteiger partial charge in [-0.2, -0.15) is 0 Å². The Morgan fingerprint density at radius 2 is 2.31 bits per heavy atom. The predicted octanol–water partition coefficient (Wildman–Crippen LogP) is 3.13. The number of alkyl halides is 1. The lowest BCUT2D eigenvalue weighted by atomic mass is 10.1. The Kier molecular flexibility index (Phi) is 5.15. The fourth-order valence-corrected chi connectivity index (χ4v) is 2.16. The minimum atomic E-state index is 0.382. The summed E-state index contributed by atoms with van der Waals surface area (Å²) in [5.41, 5.74) is 2.80. The van der Waals surface area contributed by atoms with Gasteiger partial charge >= 0.3 is 0 Å². The third-order valence-electron chi connectivity index (χ3n) is 2.56. The minimum absolute atomic E-state index is 0.382. The van der Waals surface area contributed by atoms with Crippen molar-refractivity contribution in [3.63, 3.8) is 0 Å². The van der Waals surface area contributed by atoms with Gasteiger partial charge in [0.25, 0.3) is 0 Å². The first-order chi connectivity index (χ1) is 6.24. The molecule has 0 bridgehead atoms. The van der Waals surface area contributed by atoms with E-state index in [1.54, 1.807) is 5.54 Å². The van der Waals surface area contributed by atoms with E-state index >= 15 is 0 Å². The van der Waals surface area contributed by atoms with Crippen molar-refractivity contribution in [1.29, 1.82) is 0 Å². The lowest BCUT2D eigenvalue weighted by Crippen LogP contribution is -2.26. The highest BCUT2D eigenvalue weighted by Crippen LogP contribution is 2.29. The molecule has 2 unspecified atom stereocenters. The maximum atomic E-state index is 6.15. The van der Waals surface area contributed by atoms with E-state index in [0.29, 0.717) is 11.3 Å². The summed E-state index contributed by atoms with van der Waals surface area (Å²) in [7, 11) is 0. The topological polar surface area (TPSA) is 12.0 Å². The lowest BCUT2D eigenvalue weighted by Gasteiger charge is -2.14. The van der Waals surface area contributed by atoms with Crippen molar-refractivity contribution < 1.29 is 0 Å². The zero-order chi connectivity index (χ0) is 9.68. The lowest BCUT2D eigenvalue weighted by molar-refractivity contribution is 0.507. The van der Waals surface area contributed by atoms with Gasteiger partial charge in [-0.15, -0.1) is 11.6 Å². The quantitative estimate of drug-likeness (QED) is 0.720. The average Bonchev–Trinajstić information content (AvgIpc) is 2.52. The van der Waals surface area contributed by atoms with E-state index in [4.69, 9.17) is 23.2 Å². The van der Waals surface area contributed by atoms with Crippen molar-refractivity contribution in [1.82, 2.24) is 5.32 Å². The minimum Gasteiger partial charge on any atom is -0.313 e. The molecule has 0 amide bonds. The van der Waals surface area contributed by atoms with E-state index in [1.165, 1.54) is 24.8 Å². The Morgan fingerprint density at radius 1 is 1.54 bits per heavy atom. The summed E-state index contributed by atoms with van der Waals surface area (Å²) in [4.78, 5) is 0. The third kappa shape index (κ3) is 3.88. The Bertz CT molecular complexity index is 180. The van der Waals surface area contributed by atoms with Gasteiger partial charge in [-0.1, -0.05) is 18.0 Å². The van der Waals surface area contributed by atoms with E-state index in [0.717, 1.165) is 13.1 Å². The first-order valence-corrected chi connectivity index (χ1v) is 5.72. The zero-order valence-electron chi connectivity index (χ0n) is 8.02. The van der Waals surface area contributed by atoms with Crippen molar-refractivity contribution >= 4 is 23.2 Å². The predicted molar refractivity (Wildman–Crippen MR) is 59.5 cm³/mol. The number of halogens is 2. The normalized spacial score (nSPS) is 29.6. The Morgan fingerprint density at radius 3 is 2.85 bits per heavy atom. The third-order valence-corrected chi connectivity index (χ3v) is 3.51. The molecular weight excluding hydrogens is 205 g/mol. The maximum Gasteiger partial charge on any atom is 0.0376 e. The summed E-state index contributed by atoms with van der Waals surface area (Å²) < 4.78 is 0. The highest BCUT2D eigenvalue weighted by Gasteiger charge is 2.24. The van der Waals surface area contributed by atoms with Gasteiger partial charge in [-0.3, -0.25) is 0 Å². The van der Waals surface area contributed by atoms with E-state index in [9.17, 15) is 0 Å². The molecule has 0 aromatic carbocycles. The average molecular weight is 222 g/mol. The molecule has 1 rings (SSSR count). The SMILES string of the molecule is CC(=CCl)CNCC1CCCC1Cl. The number of hydrogen-bond acceptors (Lipinski definition) is 1. The fourth-order valence-electron chi connectivity index (χ4n) is 1.71. The van der Waals surface area contributed by atoms with Crippen LogP contribution in [0.3, 0.4) is 0 Å². The standard InChI is InChI=1S/C10H17Cl2N/c1-8(5-11)6-13-7-9-3-2-4-10(9)12/h5,9-10,13H,2-4,6-7H2,1H3. The largest absolute Gasteiger partial charge is 0.313 e. The highest BCUT2D eigenvalue weighted by molar-refractivity contribution is 6.25. The molecule has 0 saturated heterocycles. The van der Waals surface area contributed by atoms with Gasteiger partial charge in [0.1, 0.15) is 0 Å². The smallest absolute Gasteiger partial charge is 0.0376 e. The van der Waals surface area contributed by atoms with Crippen LogP contribution < -0.4 is 5.32 Å². The van der Waals surface area contributed by atoms with Crippen LogP contribution in [0.15, 0.2) is 11.1 Å². The van der Waals surface area contributed by atoms with Gasteiger partial charge in [-0.25, -0.2) is 0 Å². The summed E-state index contributed by atoms with van der Waals surface area (Å²) in [6, 6.07) is 0. The van der Waals surface area contributed by atoms with Crippen LogP contribution in [0.4, 0.5) is 0 Å². The van der Waals surface area contributed by atoms with Gasteiger partial charge in [0.15, 0.2) is 0 Å². The highest BCUT2D eigenvalue weighted by atomic mass is 35.5. The molecule has 13 heavy (non-hydrogen) atoms. The van der Waals surface area contributed by atoms with Gasteiger partial charge in [0, 0.05) is 17.5 Å². The number of nitrogens with one attached hydrogen (secondary N) is 1. The van der Waals surface area contributed by atoms with Crippen molar-refractivity contribution in [2.24, 2.45) is 5.92 Å². The number of rotatable bonds is 4. The number of hydrogen-bond donors (Lipinski definition) is 1. The zero-order valence-corrected chi connectivity index (χ0v) is 9.54. The molecular formula is C10H17Cl2N. The first kappa shape index (κ1) is 11.4. The van der Waals surface area contributed by atoms with Crippen LogP contribution in [0.25, 0.3) is 0 Å². The van der Waals surface area contributed by atoms with E-state index in [1.807, 2.05) is 6.92 Å². The van der Waals surface area contributed by atoms with Gasteiger partial charge in [-0.05, 0) is 37.8 Å². The molecule has 0 aromatic heterocycles. The summed E-state index contributed by atoms with van der Waals surface area (Å²) in [6.07, 6.45) is 3.73. The second-order valence-corrected chi connectivity index (χ2v) is 4.57. The van der Waals surface area contributed by atoms with Crippen molar-refractivity contribution in [3.05, 3.63) is 11.1 Å². The second kappa shape index (κ2) is 5.90. The van der Waals surface area contributed by atoms with Crippen LogP contribution in [0, 0.1) is 5.92 Å². The van der Waals surface area contributed by atoms with Crippen molar-refractivity contribution in [3.8, 4) is 0 Å². The van der Waals surface area contributed by atoms with Crippen LogP contribution >= 0.6 is 23.2 Å². The van der Waals surface area contributed by atoms with Gasteiger partial charge in [0.05, 0.1) is 0 Å². The summed E-state index contributed by atoms with van der Waals surface area (Å²) in [5.74, 6) is 0.657. The molecule has 3 heteroatoms. The Labute approximate surface area is 90.5 Å². The Balaban J connectivity index is 2.12. The van der Waals surface area contributed by atoms with Crippen LogP contribution in [-0.4, -0.2) is 18.5 Å². The molecule has 2 atom stereocenters. The molecule has 1 fully saturated rings. The molecule has 1 saturated carbocycles. The summed E-state index contributed by atoms with van der Waals surface area (Å²) in [5, 5.41) is 3.75. The van der Waals surface area contributed by atoms with Crippen molar-refractivity contribution in [2.45, 2.75) is 31.6 Å². The molecule has 0 heterocycles. The molecule has 0 spiro atoms. The molecule has 1 aliphatic carbocycles. The first-order valence-electron chi connectivity index (χ1n) is 4.84. The van der Waals surface area contributed by atoms with Crippen LogP contribution in [0.2, 0.25) is 0 Å². The monoisotopic (exact) mass is 221 g/mol. The molecule has 76 valence electrons. The van der Waals surface area contributed by atoms with Crippen LogP contribution in [0.1, 0.15) is 26.2 Å². The van der Waals surface area contributed by atoms with E-state index < -0.39 is 0 Å². The van der Waals surface area contributed by atoms with Crippen LogP contribution in [0.5, 0.6) is 0 Å². The van der Waals surface area contributed by atoms with Gasteiger partial charge < -0.3 is 5.32 Å². The molecule has 0 aliphatic heterocycles. The Hall–Kier alpha value is 0.280. The maximum absolute atomic E-state index is 6.15. The fraction of sp³-hybridized carbons (Fsp3) is 0.800.